The lowest BCUT2D eigenvalue weighted by Gasteiger charge is -2.17. The number of hydrogen-bond donors (Lipinski definition) is 0. The van der Waals surface area contributed by atoms with E-state index in [4.69, 9.17) is 9.47 Å². The second kappa shape index (κ2) is 8.31. The van der Waals surface area contributed by atoms with Crippen LogP contribution in [0, 0.1) is 6.92 Å². The molecule has 5 nitrogen and oxygen atoms in total. The number of methoxy groups -OCH3 is 2. The van der Waals surface area contributed by atoms with Gasteiger partial charge in [0.1, 0.15) is 11.5 Å². The molecule has 0 spiro atoms. The molecular formula is C21H21NO4S. The minimum Gasteiger partial charge on any atom is -0.497 e. The number of rotatable bonds is 6. The molecule has 0 aliphatic carbocycles. The van der Waals surface area contributed by atoms with Crippen LogP contribution in [-0.2, 0) is 11.3 Å². The summed E-state index contributed by atoms with van der Waals surface area (Å²) in [5.41, 5.74) is 2.64. The van der Waals surface area contributed by atoms with E-state index >= 15 is 0 Å². The molecule has 3 rings (SSSR count). The largest absolute Gasteiger partial charge is 0.497 e. The molecule has 6 heteroatoms. The van der Waals surface area contributed by atoms with Crippen LogP contribution in [0.1, 0.15) is 21.5 Å². The summed E-state index contributed by atoms with van der Waals surface area (Å²) in [6, 6.07) is 13.1. The van der Waals surface area contributed by atoms with Gasteiger partial charge in [0.15, 0.2) is 5.78 Å². The van der Waals surface area contributed by atoms with E-state index in [1.165, 1.54) is 37.6 Å². The number of hydrogen-bond acceptors (Lipinski definition) is 5. The fourth-order valence-electron chi connectivity index (χ4n) is 2.72. The summed E-state index contributed by atoms with van der Waals surface area (Å²) in [4.78, 5) is 26.7. The van der Waals surface area contributed by atoms with Gasteiger partial charge in [0.2, 0.25) is 5.91 Å². The molecule has 2 aromatic carbocycles. The number of ketones is 1. The first-order chi connectivity index (χ1) is 13.0. The van der Waals surface area contributed by atoms with Gasteiger partial charge in [-0.3, -0.25) is 9.59 Å². The van der Waals surface area contributed by atoms with Crippen molar-refractivity contribution in [1.29, 1.82) is 0 Å². The van der Waals surface area contributed by atoms with E-state index in [-0.39, 0.29) is 11.7 Å². The molecule has 2 aromatic rings. The van der Waals surface area contributed by atoms with Crippen molar-refractivity contribution >= 4 is 23.5 Å². The van der Waals surface area contributed by atoms with Crippen molar-refractivity contribution in [3.05, 3.63) is 70.3 Å². The molecule has 1 heterocycles. The molecule has 0 N–H and O–H groups in total. The van der Waals surface area contributed by atoms with Gasteiger partial charge in [-0.1, -0.05) is 41.6 Å². The van der Waals surface area contributed by atoms with Crippen LogP contribution in [0.15, 0.2) is 53.6 Å². The fourth-order valence-corrected chi connectivity index (χ4v) is 3.66. The third kappa shape index (κ3) is 4.52. The fraction of sp³-hybridized carbons (Fsp3) is 0.238. The Labute approximate surface area is 163 Å². The van der Waals surface area contributed by atoms with Gasteiger partial charge < -0.3 is 14.4 Å². The Morgan fingerprint density at radius 1 is 1.11 bits per heavy atom. The highest BCUT2D eigenvalue weighted by Gasteiger charge is 2.27. The predicted molar refractivity (Wildman–Crippen MR) is 106 cm³/mol. The average Bonchev–Trinajstić information content (AvgIpc) is 3.02. The van der Waals surface area contributed by atoms with Crippen LogP contribution in [0.25, 0.3) is 0 Å². The van der Waals surface area contributed by atoms with Crippen molar-refractivity contribution in [3.8, 4) is 11.5 Å². The van der Waals surface area contributed by atoms with E-state index in [1.807, 2.05) is 31.2 Å². The minimum atomic E-state index is -0.196. The summed E-state index contributed by atoms with van der Waals surface area (Å²) in [7, 11) is 3.08. The highest BCUT2D eigenvalue weighted by Crippen LogP contribution is 2.31. The molecule has 0 aromatic heterocycles. The molecule has 1 fully saturated rings. The second-order valence-corrected chi connectivity index (χ2v) is 7.20. The first-order valence-electron chi connectivity index (χ1n) is 8.48. The number of benzene rings is 2. The molecule has 1 aliphatic rings. The van der Waals surface area contributed by atoms with Gasteiger partial charge in [0.25, 0.3) is 0 Å². The van der Waals surface area contributed by atoms with Gasteiger partial charge in [-0.05, 0) is 24.6 Å². The summed E-state index contributed by atoms with van der Waals surface area (Å²) in [5.74, 6) is 1.23. The average molecular weight is 383 g/mol. The zero-order valence-corrected chi connectivity index (χ0v) is 16.3. The lowest BCUT2D eigenvalue weighted by Crippen LogP contribution is -2.24. The number of carbonyl (C=O) groups is 2. The Morgan fingerprint density at radius 2 is 1.74 bits per heavy atom. The molecule has 0 bridgehead atoms. The van der Waals surface area contributed by atoms with Gasteiger partial charge in [-0.15, -0.1) is 0 Å². The molecule has 0 saturated carbocycles. The number of aryl methyl sites for hydroxylation is 1. The summed E-state index contributed by atoms with van der Waals surface area (Å²) in [6.45, 7) is 2.47. The zero-order chi connectivity index (χ0) is 19.4. The van der Waals surface area contributed by atoms with Crippen molar-refractivity contribution in [2.45, 2.75) is 13.5 Å². The Kier molecular flexibility index (Phi) is 5.86. The predicted octanol–water partition coefficient (Wildman–Crippen LogP) is 3.81. The van der Waals surface area contributed by atoms with E-state index < -0.39 is 0 Å². The van der Waals surface area contributed by atoms with E-state index in [0.717, 1.165) is 5.56 Å². The Bertz CT molecular complexity index is 867. The standard InChI is InChI=1S/C21H21NO4S/c1-14-4-6-15(7-5-14)12-22-20(24)13-27-21(22)11-19(23)16-8-17(25-2)10-18(9-16)26-3/h4-11H,12-13H2,1-3H3. The van der Waals surface area contributed by atoms with Crippen LogP contribution in [0.4, 0.5) is 0 Å². The van der Waals surface area contributed by atoms with Gasteiger partial charge in [-0.2, -0.15) is 0 Å². The maximum absolute atomic E-state index is 12.7. The minimum absolute atomic E-state index is 0.00264. The molecule has 140 valence electrons. The summed E-state index contributed by atoms with van der Waals surface area (Å²) in [6.07, 6.45) is 1.51. The van der Waals surface area contributed by atoms with E-state index in [0.29, 0.717) is 34.4 Å². The third-order valence-electron chi connectivity index (χ3n) is 4.26. The van der Waals surface area contributed by atoms with Crippen LogP contribution in [0.5, 0.6) is 11.5 Å². The van der Waals surface area contributed by atoms with Crippen molar-refractivity contribution in [1.82, 2.24) is 4.90 Å². The summed E-state index contributed by atoms with van der Waals surface area (Å²) in [5, 5.41) is 0.660. The quantitative estimate of drug-likeness (QED) is 0.561. The van der Waals surface area contributed by atoms with Crippen LogP contribution in [0.3, 0.4) is 0 Å². The first-order valence-corrected chi connectivity index (χ1v) is 9.46. The molecule has 1 amide bonds. The van der Waals surface area contributed by atoms with E-state index in [2.05, 4.69) is 0 Å². The lowest BCUT2D eigenvalue weighted by molar-refractivity contribution is -0.125. The number of carbonyl (C=O) groups excluding carboxylic acids is 2. The topological polar surface area (TPSA) is 55.8 Å². The van der Waals surface area contributed by atoms with Crippen LogP contribution < -0.4 is 9.47 Å². The number of thioether (sulfide) groups is 1. The van der Waals surface area contributed by atoms with Gasteiger partial charge in [0, 0.05) is 17.7 Å². The first kappa shape index (κ1) is 19.0. The summed E-state index contributed by atoms with van der Waals surface area (Å²) < 4.78 is 10.4. The van der Waals surface area contributed by atoms with E-state index in [1.54, 1.807) is 23.1 Å². The normalized spacial score (nSPS) is 15.3. The van der Waals surface area contributed by atoms with E-state index in [9.17, 15) is 9.59 Å². The molecule has 27 heavy (non-hydrogen) atoms. The summed E-state index contributed by atoms with van der Waals surface area (Å²) >= 11 is 1.38. The Morgan fingerprint density at radius 3 is 2.33 bits per heavy atom. The molecule has 0 radical (unpaired) electrons. The zero-order valence-electron chi connectivity index (χ0n) is 15.5. The van der Waals surface area contributed by atoms with Crippen LogP contribution in [-0.4, -0.2) is 36.6 Å². The highest BCUT2D eigenvalue weighted by molar-refractivity contribution is 8.04. The maximum atomic E-state index is 12.7. The Hall–Kier alpha value is -2.73. The number of allylic oxidation sites excluding steroid dienone is 1. The number of amides is 1. The van der Waals surface area contributed by atoms with Gasteiger partial charge in [-0.25, -0.2) is 0 Å². The smallest absolute Gasteiger partial charge is 0.238 e. The van der Waals surface area contributed by atoms with Crippen LogP contribution in [0.2, 0.25) is 0 Å². The molecule has 1 aliphatic heterocycles. The molecular weight excluding hydrogens is 362 g/mol. The van der Waals surface area contributed by atoms with Gasteiger partial charge >= 0.3 is 0 Å². The van der Waals surface area contributed by atoms with Crippen LogP contribution >= 0.6 is 11.8 Å². The second-order valence-electron chi connectivity index (χ2n) is 6.20. The van der Waals surface area contributed by atoms with Gasteiger partial charge in [0.05, 0.1) is 31.5 Å². The molecule has 0 unspecified atom stereocenters. The maximum Gasteiger partial charge on any atom is 0.238 e. The number of ether oxygens (including phenoxy) is 2. The van der Waals surface area contributed by atoms with Crippen molar-refractivity contribution < 1.29 is 19.1 Å². The number of nitrogens with zero attached hydrogens (tertiary/aromatic N) is 1. The third-order valence-corrected chi connectivity index (χ3v) is 5.29. The molecule has 0 atom stereocenters. The Balaban J connectivity index is 1.84. The monoisotopic (exact) mass is 383 g/mol. The van der Waals surface area contributed by atoms with Crippen molar-refractivity contribution in [3.63, 3.8) is 0 Å². The van der Waals surface area contributed by atoms with Crippen molar-refractivity contribution in [2.24, 2.45) is 0 Å². The SMILES string of the molecule is COc1cc(OC)cc(C(=O)C=C2SCC(=O)N2Cc2ccc(C)cc2)c1. The van der Waals surface area contributed by atoms with Crippen molar-refractivity contribution in [2.75, 3.05) is 20.0 Å². The lowest BCUT2D eigenvalue weighted by atomic mass is 10.1. The molecule has 1 saturated heterocycles. The highest BCUT2D eigenvalue weighted by atomic mass is 32.2.